The Kier molecular flexibility index (Phi) is 5.55. The number of anilines is 1. The van der Waals surface area contributed by atoms with Gasteiger partial charge >= 0.3 is 0 Å². The van der Waals surface area contributed by atoms with Crippen molar-refractivity contribution in [3.8, 4) is 0 Å². The van der Waals surface area contributed by atoms with Crippen LogP contribution in [0.1, 0.15) is 50.2 Å². The van der Waals surface area contributed by atoms with Crippen molar-refractivity contribution in [2.75, 3.05) is 5.32 Å². The molecule has 1 atom stereocenters. The molecule has 3 aromatic heterocycles. The van der Waals surface area contributed by atoms with Crippen molar-refractivity contribution in [2.24, 2.45) is 0 Å². The summed E-state index contributed by atoms with van der Waals surface area (Å²) in [4.78, 5) is 20.2. The van der Waals surface area contributed by atoms with Gasteiger partial charge in [-0.3, -0.25) is 4.79 Å². The van der Waals surface area contributed by atoms with E-state index in [1.165, 1.54) is 0 Å². The fourth-order valence-electron chi connectivity index (χ4n) is 3.23. The Hall–Kier alpha value is -2.83. The second-order valence-electron chi connectivity index (χ2n) is 6.50. The molecular formula is C19H26N6O. The van der Waals surface area contributed by atoms with Crippen molar-refractivity contribution < 1.29 is 4.79 Å². The van der Waals surface area contributed by atoms with Crippen LogP contribution in [0.15, 0.2) is 43.1 Å². The number of hydrogen-bond acceptors (Lipinski definition) is 3. The predicted molar refractivity (Wildman–Crippen MR) is 101 cm³/mol. The lowest BCUT2D eigenvalue weighted by atomic mass is 10.1. The van der Waals surface area contributed by atoms with Gasteiger partial charge in [-0.2, -0.15) is 5.10 Å². The number of carbonyl (C=O) groups excluding carboxylic acids is 1. The molecule has 0 spiro atoms. The maximum Gasteiger partial charge on any atom is 0.248 e. The van der Waals surface area contributed by atoms with Crippen LogP contribution >= 0.6 is 0 Å². The zero-order valence-corrected chi connectivity index (χ0v) is 15.5. The Balaban J connectivity index is 1.84. The summed E-state index contributed by atoms with van der Waals surface area (Å²) in [6.07, 6.45) is 9.67. The molecule has 0 aliphatic carbocycles. The highest BCUT2D eigenvalue weighted by atomic mass is 16.2. The summed E-state index contributed by atoms with van der Waals surface area (Å²) in [7, 11) is 0. The molecule has 138 valence electrons. The summed E-state index contributed by atoms with van der Waals surface area (Å²) >= 11 is 0. The number of aryl methyl sites for hydroxylation is 1. The van der Waals surface area contributed by atoms with Gasteiger partial charge in [0.05, 0.1) is 18.1 Å². The van der Waals surface area contributed by atoms with Gasteiger partial charge in [-0.15, -0.1) is 0 Å². The molecule has 26 heavy (non-hydrogen) atoms. The maximum atomic E-state index is 13.1. The van der Waals surface area contributed by atoms with E-state index >= 15 is 0 Å². The number of hydrogen-bond donors (Lipinski definition) is 2. The number of rotatable bonds is 8. The van der Waals surface area contributed by atoms with Crippen molar-refractivity contribution >= 4 is 11.7 Å². The van der Waals surface area contributed by atoms with E-state index in [4.69, 9.17) is 0 Å². The van der Waals surface area contributed by atoms with Crippen molar-refractivity contribution in [3.05, 3.63) is 54.5 Å². The highest BCUT2D eigenvalue weighted by Gasteiger charge is 2.23. The van der Waals surface area contributed by atoms with E-state index < -0.39 is 0 Å². The van der Waals surface area contributed by atoms with Crippen molar-refractivity contribution in [1.29, 1.82) is 0 Å². The molecule has 0 unspecified atom stereocenters. The molecule has 0 aliphatic heterocycles. The molecule has 0 bridgehead atoms. The van der Waals surface area contributed by atoms with Crippen LogP contribution in [0.25, 0.3) is 0 Å². The van der Waals surface area contributed by atoms with Gasteiger partial charge in [0.15, 0.2) is 0 Å². The fourth-order valence-corrected chi connectivity index (χ4v) is 3.23. The average molecular weight is 354 g/mol. The van der Waals surface area contributed by atoms with Crippen LogP contribution in [0, 0.1) is 6.92 Å². The zero-order chi connectivity index (χ0) is 18.5. The first-order chi connectivity index (χ1) is 12.6. The van der Waals surface area contributed by atoms with E-state index in [-0.39, 0.29) is 18.0 Å². The highest BCUT2D eigenvalue weighted by Crippen LogP contribution is 2.23. The molecule has 1 amide bonds. The smallest absolute Gasteiger partial charge is 0.248 e. The van der Waals surface area contributed by atoms with E-state index in [1.54, 1.807) is 12.5 Å². The normalized spacial score (nSPS) is 12.5. The number of imidazole rings is 1. The van der Waals surface area contributed by atoms with Gasteiger partial charge in [-0.1, -0.05) is 13.8 Å². The second kappa shape index (κ2) is 8.03. The molecule has 0 saturated heterocycles. The SMILES string of the molecule is CCC(CC)n1nc(C)cc1NC(=O)[C@@H](Cc1cnc[nH]1)n1cccc1. The van der Waals surface area contributed by atoms with E-state index in [1.807, 2.05) is 46.8 Å². The van der Waals surface area contributed by atoms with Crippen LogP contribution < -0.4 is 5.32 Å². The van der Waals surface area contributed by atoms with Gasteiger partial charge < -0.3 is 14.9 Å². The second-order valence-corrected chi connectivity index (χ2v) is 6.50. The van der Waals surface area contributed by atoms with Crippen molar-refractivity contribution in [3.63, 3.8) is 0 Å². The number of aromatic amines is 1. The summed E-state index contributed by atoms with van der Waals surface area (Å²) in [6.45, 7) is 6.22. The molecule has 0 fully saturated rings. The number of amides is 1. The summed E-state index contributed by atoms with van der Waals surface area (Å²) in [5.41, 5.74) is 1.82. The zero-order valence-electron chi connectivity index (χ0n) is 15.5. The average Bonchev–Trinajstić information content (AvgIpc) is 3.36. The standard InChI is InChI=1S/C19H26N6O/c1-4-16(5-2)25-18(10-14(3)23-25)22-19(26)17(24-8-6-7-9-24)11-15-12-20-13-21-15/h6-10,12-13,16-17H,4-5,11H2,1-3H3,(H,20,21)(H,22,26)/t17-/m1/s1. The summed E-state index contributed by atoms with van der Waals surface area (Å²) < 4.78 is 3.86. The molecule has 3 aromatic rings. The molecule has 7 heteroatoms. The van der Waals surface area contributed by atoms with E-state index in [2.05, 4.69) is 34.2 Å². The third-order valence-corrected chi connectivity index (χ3v) is 4.66. The van der Waals surface area contributed by atoms with E-state index in [0.29, 0.717) is 6.42 Å². The Bertz CT molecular complexity index is 814. The summed E-state index contributed by atoms with van der Waals surface area (Å²) in [5.74, 6) is 0.686. The fraction of sp³-hybridized carbons (Fsp3) is 0.421. The minimum absolute atomic E-state index is 0.0668. The first-order valence-electron chi connectivity index (χ1n) is 9.09. The topological polar surface area (TPSA) is 80.5 Å². The van der Waals surface area contributed by atoms with E-state index in [0.717, 1.165) is 30.0 Å². The van der Waals surface area contributed by atoms with Crippen LogP contribution in [-0.2, 0) is 11.2 Å². The third-order valence-electron chi connectivity index (χ3n) is 4.66. The number of carbonyl (C=O) groups is 1. The maximum absolute atomic E-state index is 13.1. The monoisotopic (exact) mass is 354 g/mol. The van der Waals surface area contributed by atoms with Gasteiger partial charge in [0.25, 0.3) is 0 Å². The van der Waals surface area contributed by atoms with Crippen molar-refractivity contribution in [2.45, 2.75) is 52.1 Å². The molecule has 3 rings (SSSR count). The van der Waals surface area contributed by atoms with Gasteiger partial charge in [0.1, 0.15) is 11.9 Å². The van der Waals surface area contributed by atoms with Crippen LogP contribution in [-0.4, -0.2) is 30.2 Å². The molecule has 0 radical (unpaired) electrons. The molecule has 3 heterocycles. The number of H-pyrrole nitrogens is 1. The van der Waals surface area contributed by atoms with Crippen LogP contribution in [0.3, 0.4) is 0 Å². The number of aromatic nitrogens is 5. The predicted octanol–water partition coefficient (Wildman–Crippen LogP) is 3.50. The minimum atomic E-state index is -0.365. The van der Waals surface area contributed by atoms with Crippen LogP contribution in [0.5, 0.6) is 0 Å². The molecule has 0 aliphatic rings. The van der Waals surface area contributed by atoms with E-state index in [9.17, 15) is 4.79 Å². The summed E-state index contributed by atoms with van der Waals surface area (Å²) in [6, 6.07) is 5.68. The minimum Gasteiger partial charge on any atom is -0.348 e. The molecular weight excluding hydrogens is 328 g/mol. The Morgan fingerprint density at radius 3 is 2.62 bits per heavy atom. The molecule has 0 saturated carbocycles. The van der Waals surface area contributed by atoms with Crippen LogP contribution in [0.4, 0.5) is 5.82 Å². The number of nitrogens with one attached hydrogen (secondary N) is 2. The first kappa shape index (κ1) is 18.0. The molecule has 7 nitrogen and oxygen atoms in total. The van der Waals surface area contributed by atoms with Crippen LogP contribution in [0.2, 0.25) is 0 Å². The first-order valence-corrected chi connectivity index (χ1v) is 9.09. The third kappa shape index (κ3) is 3.87. The lowest BCUT2D eigenvalue weighted by Crippen LogP contribution is -2.28. The van der Waals surface area contributed by atoms with Crippen molar-refractivity contribution in [1.82, 2.24) is 24.3 Å². The summed E-state index contributed by atoms with van der Waals surface area (Å²) in [5, 5.41) is 7.67. The van der Waals surface area contributed by atoms with Gasteiger partial charge in [0.2, 0.25) is 5.91 Å². The lowest BCUT2D eigenvalue weighted by molar-refractivity contribution is -0.119. The van der Waals surface area contributed by atoms with Gasteiger partial charge in [-0.05, 0) is 31.9 Å². The Morgan fingerprint density at radius 1 is 1.27 bits per heavy atom. The largest absolute Gasteiger partial charge is 0.348 e. The quantitative estimate of drug-likeness (QED) is 0.650. The van der Waals surface area contributed by atoms with Gasteiger partial charge in [-0.25, -0.2) is 9.67 Å². The van der Waals surface area contributed by atoms with Gasteiger partial charge in [0, 0.05) is 36.8 Å². The number of nitrogens with zero attached hydrogens (tertiary/aromatic N) is 4. The highest BCUT2D eigenvalue weighted by molar-refractivity contribution is 5.93. The lowest BCUT2D eigenvalue weighted by Gasteiger charge is -2.21. The Labute approximate surface area is 153 Å². The Morgan fingerprint density at radius 2 is 2.00 bits per heavy atom. The molecule has 2 N–H and O–H groups in total. The molecule has 0 aromatic carbocycles.